The maximum Gasteiger partial charge on any atom is 0.227 e. The van der Waals surface area contributed by atoms with E-state index in [1.165, 1.54) is 0 Å². The van der Waals surface area contributed by atoms with Gasteiger partial charge in [0.1, 0.15) is 17.3 Å². The molecule has 0 atom stereocenters. The van der Waals surface area contributed by atoms with E-state index < -0.39 is 0 Å². The fourth-order valence-electron chi connectivity index (χ4n) is 3.94. The van der Waals surface area contributed by atoms with Gasteiger partial charge in [-0.05, 0) is 37.4 Å². The standard InChI is InChI=1S/C24H31N9OS/c1-16(12-19(30-25)17-5-6-17)27-22-14-23(33-9-7-32(2)8-10-33)29-24(28-22)26-15-18-13-20(31-34-18)21-4-3-11-35-21/h3-4,11-14,17,30H,1,5-10,15,25H2,2H3,(H2,26,27,28,29)/b19-12-. The van der Waals surface area contributed by atoms with E-state index in [-0.39, 0.29) is 0 Å². The average molecular weight is 494 g/mol. The van der Waals surface area contributed by atoms with Crippen molar-refractivity contribution >= 4 is 28.9 Å². The van der Waals surface area contributed by atoms with Crippen molar-refractivity contribution in [2.45, 2.75) is 19.4 Å². The Hall–Kier alpha value is -3.41. The predicted molar refractivity (Wildman–Crippen MR) is 140 cm³/mol. The molecular formula is C24H31N9OS. The second-order valence-electron chi connectivity index (χ2n) is 8.90. The Morgan fingerprint density at radius 2 is 2.09 bits per heavy atom. The SMILES string of the molecule is C=C(/C=C(\NN)C1CC1)Nc1cc(N2CCN(C)CC2)nc(NCc2cc(-c3cccs3)no2)n1. The van der Waals surface area contributed by atoms with Crippen LogP contribution in [0, 0.1) is 5.92 Å². The van der Waals surface area contributed by atoms with Gasteiger partial charge in [-0.15, -0.1) is 11.3 Å². The van der Waals surface area contributed by atoms with E-state index in [1.807, 2.05) is 35.7 Å². The van der Waals surface area contributed by atoms with Crippen molar-refractivity contribution in [1.29, 1.82) is 0 Å². The van der Waals surface area contributed by atoms with Crippen molar-refractivity contribution in [1.82, 2.24) is 25.5 Å². The first-order chi connectivity index (χ1) is 17.1. The molecule has 4 heterocycles. The number of likely N-dealkylation sites (N-methyl/N-ethyl adjacent to an activating group) is 1. The van der Waals surface area contributed by atoms with Crippen molar-refractivity contribution in [2.75, 3.05) is 48.8 Å². The topological polar surface area (TPSA) is 120 Å². The van der Waals surface area contributed by atoms with Gasteiger partial charge in [-0.2, -0.15) is 9.97 Å². The summed E-state index contributed by atoms with van der Waals surface area (Å²) in [5.74, 6) is 8.94. The number of nitrogens with zero attached hydrogens (tertiary/aromatic N) is 5. The Labute approximate surface area is 208 Å². The third kappa shape index (κ3) is 5.99. The van der Waals surface area contributed by atoms with Crippen LogP contribution in [0.3, 0.4) is 0 Å². The molecule has 2 fully saturated rings. The molecule has 1 saturated carbocycles. The van der Waals surface area contributed by atoms with Crippen LogP contribution < -0.4 is 26.8 Å². The molecule has 3 aromatic heterocycles. The maximum absolute atomic E-state index is 5.69. The van der Waals surface area contributed by atoms with Crippen molar-refractivity contribution < 1.29 is 4.52 Å². The first-order valence-electron chi connectivity index (χ1n) is 11.8. The highest BCUT2D eigenvalue weighted by Crippen LogP contribution is 2.35. The van der Waals surface area contributed by atoms with Gasteiger partial charge in [0.2, 0.25) is 5.95 Å². The number of nitrogens with one attached hydrogen (secondary N) is 3. The summed E-state index contributed by atoms with van der Waals surface area (Å²) in [6.07, 6.45) is 4.24. The Balaban J connectivity index is 1.32. The lowest BCUT2D eigenvalue weighted by molar-refractivity contribution is 0.312. The monoisotopic (exact) mass is 493 g/mol. The van der Waals surface area contributed by atoms with Gasteiger partial charge in [-0.1, -0.05) is 17.8 Å². The summed E-state index contributed by atoms with van der Waals surface area (Å²) in [7, 11) is 2.14. The highest BCUT2D eigenvalue weighted by Gasteiger charge is 2.25. The Bertz CT molecular complexity index is 1180. The molecule has 184 valence electrons. The van der Waals surface area contributed by atoms with Crippen LogP contribution in [0.4, 0.5) is 17.6 Å². The van der Waals surface area contributed by atoms with E-state index in [2.05, 4.69) is 49.6 Å². The fraction of sp³-hybridized carbons (Fsp3) is 0.375. The molecule has 11 heteroatoms. The minimum Gasteiger partial charge on any atom is -0.359 e. The minimum absolute atomic E-state index is 0.424. The lowest BCUT2D eigenvalue weighted by atomic mass is 10.2. The molecule has 0 aromatic carbocycles. The zero-order chi connectivity index (χ0) is 24.2. The molecular weight excluding hydrogens is 462 g/mol. The minimum atomic E-state index is 0.424. The highest BCUT2D eigenvalue weighted by atomic mass is 32.1. The number of hydrazine groups is 1. The molecule has 0 bridgehead atoms. The number of nitrogens with two attached hydrogens (primary N) is 1. The third-order valence-electron chi connectivity index (χ3n) is 6.10. The third-order valence-corrected chi connectivity index (χ3v) is 6.99. The second kappa shape index (κ2) is 10.5. The molecule has 0 spiro atoms. The zero-order valence-corrected chi connectivity index (χ0v) is 20.6. The zero-order valence-electron chi connectivity index (χ0n) is 19.8. The summed E-state index contributed by atoms with van der Waals surface area (Å²) in [5.41, 5.74) is 5.33. The molecule has 10 nitrogen and oxygen atoms in total. The predicted octanol–water partition coefficient (Wildman–Crippen LogP) is 3.24. The molecule has 3 aromatic rings. The average Bonchev–Trinajstić information content (AvgIpc) is 3.34. The lowest BCUT2D eigenvalue weighted by Gasteiger charge is -2.33. The van der Waals surface area contributed by atoms with Crippen molar-refractivity contribution in [3.05, 3.63) is 59.5 Å². The van der Waals surface area contributed by atoms with Gasteiger partial charge in [0.25, 0.3) is 0 Å². The number of thiophene rings is 1. The quantitative estimate of drug-likeness (QED) is 0.190. The highest BCUT2D eigenvalue weighted by molar-refractivity contribution is 7.13. The van der Waals surface area contributed by atoms with E-state index >= 15 is 0 Å². The van der Waals surface area contributed by atoms with Crippen LogP contribution >= 0.6 is 11.3 Å². The van der Waals surface area contributed by atoms with E-state index in [0.717, 1.165) is 66.8 Å². The largest absolute Gasteiger partial charge is 0.359 e. The van der Waals surface area contributed by atoms with Gasteiger partial charge in [-0.25, -0.2) is 0 Å². The van der Waals surface area contributed by atoms with E-state index in [0.29, 0.717) is 30.0 Å². The van der Waals surface area contributed by atoms with Crippen LogP contribution in [0.1, 0.15) is 18.6 Å². The van der Waals surface area contributed by atoms with Gasteiger partial charge in [0, 0.05) is 55.6 Å². The second-order valence-corrected chi connectivity index (χ2v) is 9.85. The molecule has 5 N–H and O–H groups in total. The molecule has 2 aliphatic rings. The van der Waals surface area contributed by atoms with E-state index in [1.54, 1.807) is 11.3 Å². The number of piperazine rings is 1. The maximum atomic E-state index is 5.69. The first-order valence-corrected chi connectivity index (χ1v) is 12.7. The number of aromatic nitrogens is 3. The molecule has 1 aliphatic heterocycles. The van der Waals surface area contributed by atoms with Crippen LogP contribution in [-0.4, -0.2) is 53.3 Å². The van der Waals surface area contributed by atoms with Gasteiger partial charge < -0.3 is 30.4 Å². The molecule has 1 saturated heterocycles. The van der Waals surface area contributed by atoms with Crippen LogP contribution in [0.15, 0.2) is 58.2 Å². The van der Waals surface area contributed by atoms with Crippen molar-refractivity contribution in [3.63, 3.8) is 0 Å². The smallest absolute Gasteiger partial charge is 0.227 e. The molecule has 0 amide bonds. The number of hydrogen-bond donors (Lipinski definition) is 4. The van der Waals surface area contributed by atoms with E-state index in [4.69, 9.17) is 15.3 Å². The summed E-state index contributed by atoms with van der Waals surface area (Å²) in [6.45, 7) is 8.35. The molecule has 0 radical (unpaired) electrons. The Kier molecular flexibility index (Phi) is 6.98. The summed E-state index contributed by atoms with van der Waals surface area (Å²) >= 11 is 1.63. The number of anilines is 3. The molecule has 35 heavy (non-hydrogen) atoms. The van der Waals surface area contributed by atoms with Gasteiger partial charge in [-0.3, -0.25) is 5.84 Å². The van der Waals surface area contributed by atoms with Crippen LogP contribution in [0.2, 0.25) is 0 Å². The van der Waals surface area contributed by atoms with Crippen LogP contribution in [0.25, 0.3) is 10.6 Å². The summed E-state index contributed by atoms with van der Waals surface area (Å²) in [5, 5.41) is 12.8. The van der Waals surface area contributed by atoms with E-state index in [9.17, 15) is 0 Å². The van der Waals surface area contributed by atoms with Gasteiger partial charge >= 0.3 is 0 Å². The van der Waals surface area contributed by atoms with Crippen molar-refractivity contribution in [2.24, 2.45) is 11.8 Å². The summed E-state index contributed by atoms with van der Waals surface area (Å²) in [4.78, 5) is 15.1. The number of allylic oxidation sites excluding steroid dienone is 2. The van der Waals surface area contributed by atoms with Crippen molar-refractivity contribution in [3.8, 4) is 10.6 Å². The first kappa shape index (κ1) is 23.3. The molecule has 0 unspecified atom stereocenters. The van der Waals surface area contributed by atoms with Gasteiger partial charge in [0.05, 0.1) is 11.4 Å². The Morgan fingerprint density at radius 1 is 1.26 bits per heavy atom. The molecule has 1 aliphatic carbocycles. The molecule has 5 rings (SSSR count). The Morgan fingerprint density at radius 3 is 2.80 bits per heavy atom. The summed E-state index contributed by atoms with van der Waals surface area (Å²) < 4.78 is 5.51. The summed E-state index contributed by atoms with van der Waals surface area (Å²) in [6, 6.07) is 7.93. The lowest BCUT2D eigenvalue weighted by Crippen LogP contribution is -2.44. The number of hydrogen-bond acceptors (Lipinski definition) is 11. The van der Waals surface area contributed by atoms with Crippen LogP contribution in [-0.2, 0) is 6.54 Å². The normalized spacial score (nSPS) is 16.9. The fourth-order valence-corrected chi connectivity index (χ4v) is 4.62. The van der Waals surface area contributed by atoms with Crippen LogP contribution in [0.5, 0.6) is 0 Å². The number of rotatable bonds is 10. The van der Waals surface area contributed by atoms with Gasteiger partial charge in [0.15, 0.2) is 5.76 Å².